The van der Waals surface area contributed by atoms with Gasteiger partial charge in [-0.05, 0) is 54.0 Å². The number of carbonyl (C=O) groups is 2. The maximum absolute atomic E-state index is 11.8. The van der Waals surface area contributed by atoms with Gasteiger partial charge in [0.15, 0.2) is 0 Å². The van der Waals surface area contributed by atoms with E-state index in [1.165, 1.54) is 6.08 Å². The maximum atomic E-state index is 11.8. The predicted octanol–water partition coefficient (Wildman–Crippen LogP) is 4.25. The van der Waals surface area contributed by atoms with Crippen molar-refractivity contribution in [3.63, 3.8) is 0 Å². The molecule has 0 amide bonds. The summed E-state index contributed by atoms with van der Waals surface area (Å²) in [5.41, 5.74) is 4.11. The number of rotatable bonds is 5. The van der Waals surface area contributed by atoms with Gasteiger partial charge in [-0.3, -0.25) is 0 Å². The van der Waals surface area contributed by atoms with Crippen LogP contribution in [-0.2, 0) is 4.79 Å². The molecule has 2 N–H and O–H groups in total. The summed E-state index contributed by atoms with van der Waals surface area (Å²) in [5, 5.41) is 18.3. The van der Waals surface area contributed by atoms with E-state index in [9.17, 15) is 14.7 Å². The number of aromatic carboxylic acids is 1. The van der Waals surface area contributed by atoms with Gasteiger partial charge in [-0.1, -0.05) is 30.3 Å². The van der Waals surface area contributed by atoms with Gasteiger partial charge in [-0.2, -0.15) is 0 Å². The Labute approximate surface area is 150 Å². The monoisotopic (exact) mass is 347 g/mol. The van der Waals surface area contributed by atoms with E-state index in [-0.39, 0.29) is 5.56 Å². The highest BCUT2D eigenvalue weighted by atomic mass is 16.4. The molecule has 130 valence electrons. The molecule has 1 heterocycles. The SMILES string of the molecule is Cc1cccn1-c1ccc(-c2ccc(/C=C/C(=O)O)cc2)c(C(=O)O)c1. The lowest BCUT2D eigenvalue weighted by atomic mass is 9.98. The smallest absolute Gasteiger partial charge is 0.336 e. The van der Waals surface area contributed by atoms with Crippen LogP contribution in [0.1, 0.15) is 21.6 Å². The van der Waals surface area contributed by atoms with Gasteiger partial charge < -0.3 is 14.8 Å². The van der Waals surface area contributed by atoms with Crippen molar-refractivity contribution in [3.05, 3.63) is 83.7 Å². The third-order valence-corrected chi connectivity index (χ3v) is 4.10. The second kappa shape index (κ2) is 7.11. The fraction of sp³-hybridized carbons (Fsp3) is 0.0476. The molecule has 2 aromatic carbocycles. The van der Waals surface area contributed by atoms with E-state index in [4.69, 9.17) is 5.11 Å². The number of aromatic nitrogens is 1. The van der Waals surface area contributed by atoms with E-state index in [1.807, 2.05) is 35.9 Å². The Bertz CT molecular complexity index is 997. The molecule has 0 aliphatic carbocycles. The van der Waals surface area contributed by atoms with Gasteiger partial charge in [0.05, 0.1) is 5.56 Å². The van der Waals surface area contributed by atoms with Crippen LogP contribution in [0.2, 0.25) is 0 Å². The van der Waals surface area contributed by atoms with Crippen LogP contribution in [0.25, 0.3) is 22.9 Å². The molecule has 3 aromatic rings. The summed E-state index contributed by atoms with van der Waals surface area (Å²) in [6.45, 7) is 1.96. The number of carboxylic acid groups (broad SMARTS) is 2. The van der Waals surface area contributed by atoms with E-state index >= 15 is 0 Å². The molecular formula is C21H17NO4. The number of hydrogen-bond donors (Lipinski definition) is 2. The first-order valence-electron chi connectivity index (χ1n) is 7.99. The molecule has 5 heteroatoms. The standard InChI is InChI=1S/C21H17NO4/c1-14-3-2-12-22(14)17-9-10-18(19(13-17)21(25)26)16-7-4-15(5-8-16)6-11-20(23)24/h2-13H,1H3,(H,23,24)(H,25,26)/b11-6+. The van der Waals surface area contributed by atoms with Crippen molar-refractivity contribution in [1.29, 1.82) is 0 Å². The molecular weight excluding hydrogens is 330 g/mol. The number of aryl methyl sites for hydroxylation is 1. The molecule has 3 rings (SSSR count). The average molecular weight is 347 g/mol. The zero-order chi connectivity index (χ0) is 18.7. The van der Waals surface area contributed by atoms with Crippen molar-refractivity contribution >= 4 is 18.0 Å². The Hall–Kier alpha value is -3.60. The summed E-state index contributed by atoms with van der Waals surface area (Å²) >= 11 is 0. The van der Waals surface area contributed by atoms with E-state index < -0.39 is 11.9 Å². The molecule has 0 spiro atoms. The quantitative estimate of drug-likeness (QED) is 0.676. The van der Waals surface area contributed by atoms with Crippen LogP contribution >= 0.6 is 0 Å². The van der Waals surface area contributed by atoms with Gasteiger partial charge in [-0.25, -0.2) is 9.59 Å². The van der Waals surface area contributed by atoms with Crippen molar-refractivity contribution in [1.82, 2.24) is 4.57 Å². The minimum Gasteiger partial charge on any atom is -0.478 e. The first-order chi connectivity index (χ1) is 12.5. The first-order valence-corrected chi connectivity index (χ1v) is 7.99. The largest absolute Gasteiger partial charge is 0.478 e. The molecule has 26 heavy (non-hydrogen) atoms. The second-order valence-corrected chi connectivity index (χ2v) is 5.85. The zero-order valence-electron chi connectivity index (χ0n) is 14.1. The highest BCUT2D eigenvalue weighted by Crippen LogP contribution is 2.27. The van der Waals surface area contributed by atoms with Crippen molar-refractivity contribution in [2.45, 2.75) is 6.92 Å². The molecule has 0 aliphatic rings. The molecule has 0 atom stereocenters. The molecule has 0 fully saturated rings. The Kier molecular flexibility index (Phi) is 4.71. The van der Waals surface area contributed by atoms with E-state index in [0.717, 1.165) is 28.6 Å². The molecule has 0 bridgehead atoms. The van der Waals surface area contributed by atoms with Crippen LogP contribution < -0.4 is 0 Å². The van der Waals surface area contributed by atoms with Crippen molar-refractivity contribution in [2.75, 3.05) is 0 Å². The first kappa shape index (κ1) is 17.2. The van der Waals surface area contributed by atoms with Gasteiger partial charge in [0, 0.05) is 23.7 Å². The third kappa shape index (κ3) is 3.57. The van der Waals surface area contributed by atoms with Crippen LogP contribution in [0.4, 0.5) is 0 Å². The van der Waals surface area contributed by atoms with E-state index in [1.54, 1.807) is 36.4 Å². The number of benzene rings is 2. The molecule has 0 radical (unpaired) electrons. The zero-order valence-corrected chi connectivity index (χ0v) is 14.1. The summed E-state index contributed by atoms with van der Waals surface area (Å²) in [6.07, 6.45) is 4.44. The number of aliphatic carboxylic acids is 1. The average Bonchev–Trinajstić information content (AvgIpc) is 3.06. The molecule has 0 aliphatic heterocycles. The topological polar surface area (TPSA) is 79.5 Å². The number of nitrogens with zero attached hydrogens (tertiary/aromatic N) is 1. The normalized spacial score (nSPS) is 11.0. The summed E-state index contributed by atoms with van der Waals surface area (Å²) in [7, 11) is 0. The predicted molar refractivity (Wildman–Crippen MR) is 99.6 cm³/mol. The van der Waals surface area contributed by atoms with Crippen LogP contribution in [0.5, 0.6) is 0 Å². The number of carboxylic acids is 2. The number of hydrogen-bond acceptors (Lipinski definition) is 2. The Morgan fingerprint density at radius 2 is 1.73 bits per heavy atom. The fourth-order valence-electron chi connectivity index (χ4n) is 2.81. The highest BCUT2D eigenvalue weighted by molar-refractivity contribution is 5.97. The Morgan fingerprint density at radius 3 is 2.31 bits per heavy atom. The van der Waals surface area contributed by atoms with Crippen molar-refractivity contribution in [2.24, 2.45) is 0 Å². The van der Waals surface area contributed by atoms with E-state index in [2.05, 4.69) is 0 Å². The van der Waals surface area contributed by atoms with Gasteiger partial charge >= 0.3 is 11.9 Å². The highest BCUT2D eigenvalue weighted by Gasteiger charge is 2.14. The van der Waals surface area contributed by atoms with Crippen molar-refractivity contribution in [3.8, 4) is 16.8 Å². The molecule has 0 saturated carbocycles. The van der Waals surface area contributed by atoms with Gasteiger partial charge in [0.25, 0.3) is 0 Å². The van der Waals surface area contributed by atoms with Crippen molar-refractivity contribution < 1.29 is 19.8 Å². The minimum absolute atomic E-state index is 0.212. The lowest BCUT2D eigenvalue weighted by Crippen LogP contribution is -2.03. The van der Waals surface area contributed by atoms with E-state index in [0.29, 0.717) is 5.56 Å². The lowest BCUT2D eigenvalue weighted by Gasteiger charge is -2.12. The summed E-state index contributed by atoms with van der Waals surface area (Å²) in [5.74, 6) is -2.01. The summed E-state index contributed by atoms with van der Waals surface area (Å²) < 4.78 is 1.93. The van der Waals surface area contributed by atoms with Crippen LogP contribution in [0, 0.1) is 6.92 Å². The molecule has 1 aromatic heterocycles. The molecule has 0 saturated heterocycles. The van der Waals surface area contributed by atoms with Gasteiger partial charge in [0.1, 0.15) is 0 Å². The van der Waals surface area contributed by atoms with Crippen LogP contribution in [-0.4, -0.2) is 26.7 Å². The fourth-order valence-corrected chi connectivity index (χ4v) is 2.81. The lowest BCUT2D eigenvalue weighted by molar-refractivity contribution is -0.131. The Morgan fingerprint density at radius 1 is 1.00 bits per heavy atom. The molecule has 0 unspecified atom stereocenters. The minimum atomic E-state index is -1.02. The third-order valence-electron chi connectivity index (χ3n) is 4.10. The molecule has 5 nitrogen and oxygen atoms in total. The Balaban J connectivity index is 2.01. The maximum Gasteiger partial charge on any atom is 0.336 e. The van der Waals surface area contributed by atoms with Crippen LogP contribution in [0.15, 0.2) is 66.9 Å². The van der Waals surface area contributed by atoms with Crippen LogP contribution in [0.3, 0.4) is 0 Å². The summed E-state index contributed by atoms with van der Waals surface area (Å²) in [4.78, 5) is 22.3. The second-order valence-electron chi connectivity index (χ2n) is 5.85. The van der Waals surface area contributed by atoms with Gasteiger partial charge in [0.2, 0.25) is 0 Å². The van der Waals surface area contributed by atoms with Gasteiger partial charge in [-0.15, -0.1) is 0 Å². The summed E-state index contributed by atoms with van der Waals surface area (Å²) in [6, 6.07) is 16.3.